The molecule has 152 valence electrons. The molecule has 0 saturated carbocycles. The summed E-state index contributed by atoms with van der Waals surface area (Å²) < 4.78 is 40.6. The summed E-state index contributed by atoms with van der Waals surface area (Å²) in [5, 5.41) is 0. The van der Waals surface area contributed by atoms with Crippen molar-refractivity contribution in [3.05, 3.63) is 83.7 Å². The third-order valence-corrected chi connectivity index (χ3v) is 4.76. The lowest BCUT2D eigenvalue weighted by atomic mass is 9.98. The van der Waals surface area contributed by atoms with Gasteiger partial charge in [0.2, 0.25) is 0 Å². The minimum Gasteiger partial charge on any atom is -0.406 e. The van der Waals surface area contributed by atoms with Gasteiger partial charge < -0.3 is 9.72 Å². The third-order valence-electron chi connectivity index (χ3n) is 4.76. The Labute approximate surface area is 171 Å². The highest BCUT2D eigenvalue weighted by molar-refractivity contribution is 5.84. The van der Waals surface area contributed by atoms with Crippen LogP contribution in [0.25, 0.3) is 34.3 Å². The molecule has 30 heavy (non-hydrogen) atoms. The lowest BCUT2D eigenvalue weighted by Crippen LogP contribution is -2.16. The molecule has 0 fully saturated rings. The van der Waals surface area contributed by atoms with E-state index in [4.69, 9.17) is 0 Å². The first-order valence-electron chi connectivity index (χ1n) is 9.53. The zero-order valence-electron chi connectivity index (χ0n) is 16.2. The zero-order chi connectivity index (χ0) is 21.1. The fourth-order valence-corrected chi connectivity index (χ4v) is 3.34. The molecule has 0 aliphatic carbocycles. The summed E-state index contributed by atoms with van der Waals surface area (Å²) in [4.78, 5) is 7.86. The van der Waals surface area contributed by atoms with Gasteiger partial charge in [0.1, 0.15) is 11.6 Å². The van der Waals surface area contributed by atoms with Crippen molar-refractivity contribution < 1.29 is 17.9 Å². The second kappa shape index (κ2) is 8.06. The number of hydrogen-bond donors (Lipinski definition) is 1. The molecule has 0 atom stereocenters. The van der Waals surface area contributed by atoms with Crippen molar-refractivity contribution >= 4 is 23.2 Å². The summed E-state index contributed by atoms with van der Waals surface area (Å²) in [5.74, 6) is 0.421. The van der Waals surface area contributed by atoms with Crippen LogP contribution in [0.4, 0.5) is 13.2 Å². The Morgan fingerprint density at radius 1 is 0.967 bits per heavy atom. The van der Waals surface area contributed by atoms with E-state index >= 15 is 0 Å². The van der Waals surface area contributed by atoms with Gasteiger partial charge in [-0.15, -0.1) is 13.2 Å². The van der Waals surface area contributed by atoms with Gasteiger partial charge in [0.25, 0.3) is 0 Å². The Kier molecular flexibility index (Phi) is 5.31. The molecule has 0 amide bonds. The smallest absolute Gasteiger partial charge is 0.406 e. The molecular formula is C24H19F3N2O. The molecule has 1 heterocycles. The number of H-pyrrole nitrogens is 1. The van der Waals surface area contributed by atoms with Crippen LogP contribution in [0, 0.1) is 0 Å². The number of hydrogen-bond acceptors (Lipinski definition) is 2. The molecule has 0 unspecified atom stereocenters. The van der Waals surface area contributed by atoms with Crippen LogP contribution in [0.2, 0.25) is 0 Å². The van der Waals surface area contributed by atoms with Crippen LogP contribution in [0.15, 0.2) is 66.7 Å². The fourth-order valence-electron chi connectivity index (χ4n) is 3.34. The van der Waals surface area contributed by atoms with Gasteiger partial charge in [0.15, 0.2) is 0 Å². The molecule has 6 heteroatoms. The molecule has 3 nitrogen and oxygen atoms in total. The number of aromatic nitrogens is 2. The molecule has 0 bridgehead atoms. The molecule has 0 saturated heterocycles. The molecular weight excluding hydrogens is 389 g/mol. The highest BCUT2D eigenvalue weighted by Gasteiger charge is 2.30. The van der Waals surface area contributed by atoms with Crippen LogP contribution >= 0.6 is 0 Å². The molecule has 0 radical (unpaired) electrons. The maximum absolute atomic E-state index is 12.2. The number of imidazole rings is 1. The average Bonchev–Trinajstić information content (AvgIpc) is 3.14. The summed E-state index contributed by atoms with van der Waals surface area (Å²) in [6, 6.07) is 20.1. The lowest BCUT2D eigenvalue weighted by Gasteiger charge is -2.08. The number of aryl methyl sites for hydroxylation is 1. The first kappa shape index (κ1) is 19.8. The molecule has 1 aromatic heterocycles. The van der Waals surface area contributed by atoms with E-state index < -0.39 is 6.36 Å². The number of benzene rings is 3. The summed E-state index contributed by atoms with van der Waals surface area (Å²) in [7, 11) is 0. The van der Waals surface area contributed by atoms with Gasteiger partial charge in [0, 0.05) is 0 Å². The minimum absolute atomic E-state index is 0.247. The Hall–Kier alpha value is -3.54. The van der Waals surface area contributed by atoms with E-state index in [-0.39, 0.29) is 5.75 Å². The molecule has 0 aliphatic rings. The number of ether oxygens (including phenoxy) is 1. The van der Waals surface area contributed by atoms with E-state index in [9.17, 15) is 13.2 Å². The quantitative estimate of drug-likeness (QED) is 0.392. The molecule has 4 rings (SSSR count). The predicted molar refractivity (Wildman–Crippen MR) is 113 cm³/mol. The molecule has 0 aliphatic heterocycles. The summed E-state index contributed by atoms with van der Waals surface area (Å²) in [5.41, 5.74) is 6.10. The Balaban J connectivity index is 1.55. The van der Waals surface area contributed by atoms with Gasteiger partial charge in [-0.2, -0.15) is 0 Å². The summed E-state index contributed by atoms with van der Waals surface area (Å²) in [6.07, 6.45) is -0.167. The maximum Gasteiger partial charge on any atom is 0.573 e. The zero-order valence-corrected chi connectivity index (χ0v) is 16.2. The van der Waals surface area contributed by atoms with Crippen molar-refractivity contribution in [2.24, 2.45) is 0 Å². The number of nitrogens with zero attached hydrogens (tertiary/aromatic N) is 1. The van der Waals surface area contributed by atoms with Gasteiger partial charge in [-0.1, -0.05) is 55.5 Å². The van der Waals surface area contributed by atoms with E-state index in [0.717, 1.165) is 28.6 Å². The summed E-state index contributed by atoms with van der Waals surface area (Å²) in [6.45, 7) is 2.14. The first-order chi connectivity index (χ1) is 14.4. The Morgan fingerprint density at radius 2 is 1.73 bits per heavy atom. The van der Waals surface area contributed by atoms with E-state index in [0.29, 0.717) is 5.82 Å². The first-order valence-corrected chi connectivity index (χ1v) is 9.53. The number of nitrogens with one attached hydrogen (secondary N) is 1. The largest absolute Gasteiger partial charge is 0.573 e. The van der Waals surface area contributed by atoms with Crippen molar-refractivity contribution in [2.45, 2.75) is 19.7 Å². The van der Waals surface area contributed by atoms with Crippen molar-refractivity contribution in [1.29, 1.82) is 0 Å². The van der Waals surface area contributed by atoms with Gasteiger partial charge in [-0.3, -0.25) is 0 Å². The Morgan fingerprint density at radius 3 is 2.47 bits per heavy atom. The van der Waals surface area contributed by atoms with E-state index in [1.54, 1.807) is 24.3 Å². The van der Waals surface area contributed by atoms with Gasteiger partial charge in [-0.05, 0) is 59.0 Å². The van der Waals surface area contributed by atoms with Crippen LogP contribution in [-0.2, 0) is 6.42 Å². The standard InChI is InChI=1S/C24H19F3N2O/c1-2-17-5-3-4-6-20(17)18-10-13-21-22(15-18)29-23(28-21)14-9-16-7-11-19(12-8-16)30-24(25,26)27/h3-15H,2H2,1H3,(H,28,29)/b14-9+. The van der Waals surface area contributed by atoms with Crippen molar-refractivity contribution in [1.82, 2.24) is 9.97 Å². The maximum atomic E-state index is 12.2. The molecule has 3 aromatic carbocycles. The van der Waals surface area contributed by atoms with Crippen LogP contribution in [0.5, 0.6) is 5.75 Å². The van der Waals surface area contributed by atoms with Gasteiger partial charge in [-0.25, -0.2) is 4.98 Å². The SMILES string of the molecule is CCc1ccccc1-c1ccc2[nH]c(/C=C/c3ccc(OC(F)(F)F)cc3)nc2c1. The number of halogens is 3. The topological polar surface area (TPSA) is 37.9 Å². The van der Waals surface area contributed by atoms with E-state index in [1.165, 1.54) is 23.3 Å². The van der Waals surface area contributed by atoms with Crippen LogP contribution in [-0.4, -0.2) is 16.3 Å². The van der Waals surface area contributed by atoms with Crippen LogP contribution in [0.3, 0.4) is 0 Å². The number of fused-ring (bicyclic) bond motifs is 1. The van der Waals surface area contributed by atoms with E-state index in [1.807, 2.05) is 18.2 Å². The normalized spacial score (nSPS) is 12.0. The van der Waals surface area contributed by atoms with Crippen molar-refractivity contribution in [3.63, 3.8) is 0 Å². The fraction of sp³-hybridized carbons (Fsp3) is 0.125. The molecule has 0 spiro atoms. The number of rotatable bonds is 5. The monoisotopic (exact) mass is 408 g/mol. The second-order valence-corrected chi connectivity index (χ2v) is 6.81. The number of aromatic amines is 1. The van der Waals surface area contributed by atoms with Gasteiger partial charge >= 0.3 is 6.36 Å². The predicted octanol–water partition coefficient (Wildman–Crippen LogP) is 6.86. The second-order valence-electron chi connectivity index (χ2n) is 6.81. The van der Waals surface area contributed by atoms with Crippen LogP contribution < -0.4 is 4.74 Å². The van der Waals surface area contributed by atoms with Gasteiger partial charge in [0.05, 0.1) is 11.0 Å². The van der Waals surface area contributed by atoms with Crippen LogP contribution in [0.1, 0.15) is 23.9 Å². The van der Waals surface area contributed by atoms with Crippen molar-refractivity contribution in [2.75, 3.05) is 0 Å². The summed E-state index contributed by atoms with van der Waals surface area (Å²) >= 11 is 0. The lowest BCUT2D eigenvalue weighted by molar-refractivity contribution is -0.274. The molecule has 1 N–H and O–H groups in total. The Bertz CT molecular complexity index is 1190. The number of alkyl halides is 3. The highest BCUT2D eigenvalue weighted by atomic mass is 19.4. The van der Waals surface area contributed by atoms with Crippen molar-refractivity contribution in [3.8, 4) is 16.9 Å². The highest BCUT2D eigenvalue weighted by Crippen LogP contribution is 2.27. The average molecular weight is 408 g/mol. The minimum atomic E-state index is -4.69. The molecule has 4 aromatic rings. The third kappa shape index (κ3) is 4.54. The van der Waals surface area contributed by atoms with E-state index in [2.05, 4.69) is 45.9 Å².